The van der Waals surface area contributed by atoms with Gasteiger partial charge in [0.15, 0.2) is 0 Å². The van der Waals surface area contributed by atoms with Gasteiger partial charge in [0.25, 0.3) is 0 Å². The van der Waals surface area contributed by atoms with Crippen LogP contribution in [0.3, 0.4) is 0 Å². The molecule has 5 N–H and O–H groups in total. The highest BCUT2D eigenvalue weighted by Gasteiger charge is 1.92. The number of rotatable bonds is 15. The molecule has 0 rings (SSSR count). The molecule has 0 aromatic carbocycles. The predicted molar refractivity (Wildman–Crippen MR) is 98.1 cm³/mol. The lowest BCUT2D eigenvalue weighted by Gasteiger charge is -2.03. The molecule has 0 unspecified atom stereocenters. The summed E-state index contributed by atoms with van der Waals surface area (Å²) in [4.78, 5) is 0. The fourth-order valence-electron chi connectivity index (χ4n) is 1.86. The minimum Gasteiger partial charge on any atom is -0.394 e. The fourth-order valence-corrected chi connectivity index (χ4v) is 1.86. The van der Waals surface area contributed by atoms with E-state index < -0.39 is 0 Å². The van der Waals surface area contributed by atoms with Gasteiger partial charge in [0.1, 0.15) is 0 Å². The summed E-state index contributed by atoms with van der Waals surface area (Å²) in [5, 5.41) is 39.0. The predicted octanol–water partition coefficient (Wildman–Crippen LogP) is 1.86. The van der Waals surface area contributed by atoms with E-state index in [0.717, 1.165) is 13.0 Å². The van der Waals surface area contributed by atoms with Gasteiger partial charge in [-0.15, -0.1) is 0 Å². The van der Waals surface area contributed by atoms with Crippen LogP contribution in [0.4, 0.5) is 0 Å². The maximum absolute atomic E-state index is 8.50. The normalized spacial score (nSPS) is 9.75. The summed E-state index contributed by atoms with van der Waals surface area (Å²) in [5.41, 5.74) is 0. The lowest BCUT2D eigenvalue weighted by atomic mass is 10.1. The van der Waals surface area contributed by atoms with E-state index in [4.69, 9.17) is 30.3 Å². The Balaban J connectivity index is -0.000000457. The van der Waals surface area contributed by atoms with Crippen LogP contribution in [0, 0.1) is 0 Å². The van der Waals surface area contributed by atoms with Gasteiger partial charge in [-0.05, 0) is 6.42 Å². The Bertz CT molecular complexity index is 148. The van der Waals surface area contributed by atoms with E-state index >= 15 is 0 Å². The average molecular weight is 355 g/mol. The summed E-state index contributed by atoms with van der Waals surface area (Å²) in [5.74, 6) is 0. The highest BCUT2D eigenvalue weighted by Crippen LogP contribution is 2.10. The smallest absolute Gasteiger partial charge is 0.0697 e. The molecule has 24 heavy (non-hydrogen) atoms. The van der Waals surface area contributed by atoms with Gasteiger partial charge in [-0.25, -0.2) is 0 Å². The number of hydrogen-bond donors (Lipinski definition) is 5. The van der Waals surface area contributed by atoms with Gasteiger partial charge in [0, 0.05) is 6.61 Å². The van der Waals surface area contributed by atoms with Crippen molar-refractivity contribution in [2.75, 3.05) is 46.2 Å². The van der Waals surface area contributed by atoms with Crippen LogP contribution in [0.15, 0.2) is 0 Å². The van der Waals surface area contributed by atoms with E-state index in [1.165, 1.54) is 57.8 Å². The van der Waals surface area contributed by atoms with Crippen LogP contribution in [-0.4, -0.2) is 71.8 Å². The van der Waals surface area contributed by atoms with Crippen LogP contribution in [0.5, 0.6) is 0 Å². The van der Waals surface area contributed by atoms with Crippen molar-refractivity contribution in [3.8, 4) is 0 Å². The molecule has 6 heteroatoms. The second kappa shape index (κ2) is 34.2. The van der Waals surface area contributed by atoms with Crippen LogP contribution in [0.25, 0.3) is 0 Å². The second-order valence-corrected chi connectivity index (χ2v) is 5.41. The van der Waals surface area contributed by atoms with Crippen molar-refractivity contribution in [3.05, 3.63) is 0 Å². The Morgan fingerprint density at radius 3 is 1.17 bits per heavy atom. The van der Waals surface area contributed by atoms with Crippen molar-refractivity contribution in [3.63, 3.8) is 0 Å². The summed E-state index contributed by atoms with van der Waals surface area (Å²) in [6.07, 6.45) is 13.6. The van der Waals surface area contributed by atoms with Gasteiger partial charge >= 0.3 is 0 Å². The molecular formula is C18H42O6. The number of unbranched alkanes of at least 4 members (excludes halogenated alkanes) is 9. The molecule has 0 bridgehead atoms. The minimum absolute atomic E-state index is 0.125. The van der Waals surface area contributed by atoms with Gasteiger partial charge in [0.05, 0.1) is 39.6 Å². The first-order chi connectivity index (χ1) is 11.7. The Morgan fingerprint density at radius 2 is 0.833 bits per heavy atom. The summed E-state index contributed by atoms with van der Waals surface area (Å²) >= 11 is 0. The minimum atomic E-state index is -0.125. The van der Waals surface area contributed by atoms with Gasteiger partial charge in [0.2, 0.25) is 0 Å². The lowest BCUT2D eigenvalue weighted by molar-refractivity contribution is 0.0895. The zero-order valence-electron chi connectivity index (χ0n) is 15.7. The molecule has 0 aromatic heterocycles. The van der Waals surface area contributed by atoms with E-state index in [1.54, 1.807) is 0 Å². The Labute approximate surface area is 148 Å². The van der Waals surface area contributed by atoms with Crippen LogP contribution in [0.1, 0.15) is 71.1 Å². The molecule has 0 aliphatic heterocycles. The molecule has 0 aliphatic rings. The van der Waals surface area contributed by atoms with Crippen molar-refractivity contribution in [2.45, 2.75) is 71.1 Å². The third-order valence-electron chi connectivity index (χ3n) is 3.08. The molecule has 6 nitrogen and oxygen atoms in total. The number of aliphatic hydroxyl groups excluding tert-OH is 5. The molecule has 150 valence electrons. The third kappa shape index (κ3) is 43.0. The third-order valence-corrected chi connectivity index (χ3v) is 3.08. The van der Waals surface area contributed by atoms with Crippen LogP contribution < -0.4 is 0 Å². The molecule has 0 atom stereocenters. The summed E-state index contributed by atoms with van der Waals surface area (Å²) in [7, 11) is 0. The van der Waals surface area contributed by atoms with Gasteiger partial charge < -0.3 is 30.3 Å². The Morgan fingerprint density at radius 1 is 0.458 bits per heavy atom. The maximum atomic E-state index is 8.50. The first kappa shape index (κ1) is 28.6. The summed E-state index contributed by atoms with van der Waals surface area (Å²) in [6.45, 7) is 3.23. The largest absolute Gasteiger partial charge is 0.394 e. The SMILES string of the molecule is CCCCCCCCCCCCOCCO.OCCO.OCCO. The van der Waals surface area contributed by atoms with Crippen molar-refractivity contribution in [2.24, 2.45) is 0 Å². The molecule has 0 fully saturated rings. The van der Waals surface area contributed by atoms with Gasteiger partial charge in [-0.3, -0.25) is 0 Å². The van der Waals surface area contributed by atoms with Crippen molar-refractivity contribution in [1.29, 1.82) is 0 Å². The molecule has 0 aliphatic carbocycles. The quantitative estimate of drug-likeness (QED) is 0.287. The van der Waals surface area contributed by atoms with E-state index in [9.17, 15) is 0 Å². The molecule has 0 aromatic rings. The number of aliphatic hydroxyl groups is 5. The number of hydrogen-bond acceptors (Lipinski definition) is 6. The Hall–Kier alpha value is -0.240. The standard InChI is InChI=1S/C14H30O2.2C2H6O2/c1-2-3-4-5-6-7-8-9-10-11-13-16-14-12-15;2*3-1-2-4/h15H,2-14H2,1H3;2*3-4H,1-2H2. The molecule has 0 heterocycles. The van der Waals surface area contributed by atoms with E-state index in [2.05, 4.69) is 6.92 Å². The van der Waals surface area contributed by atoms with E-state index in [-0.39, 0.29) is 33.0 Å². The van der Waals surface area contributed by atoms with Crippen LogP contribution in [0.2, 0.25) is 0 Å². The van der Waals surface area contributed by atoms with Crippen LogP contribution in [-0.2, 0) is 4.74 Å². The monoisotopic (exact) mass is 354 g/mol. The van der Waals surface area contributed by atoms with Crippen molar-refractivity contribution < 1.29 is 30.3 Å². The maximum Gasteiger partial charge on any atom is 0.0697 e. The highest BCUT2D eigenvalue weighted by molar-refractivity contribution is 4.47. The average Bonchev–Trinajstić information content (AvgIpc) is 2.63. The first-order valence-corrected chi connectivity index (χ1v) is 9.37. The lowest BCUT2D eigenvalue weighted by Crippen LogP contribution is -2.00. The molecule has 0 radical (unpaired) electrons. The molecule has 0 amide bonds. The fraction of sp³-hybridized carbons (Fsp3) is 1.00. The molecule has 0 saturated heterocycles. The second-order valence-electron chi connectivity index (χ2n) is 5.41. The zero-order chi connectivity index (χ0) is 18.7. The topological polar surface area (TPSA) is 110 Å². The zero-order valence-corrected chi connectivity index (χ0v) is 15.7. The van der Waals surface area contributed by atoms with Crippen molar-refractivity contribution >= 4 is 0 Å². The van der Waals surface area contributed by atoms with Crippen molar-refractivity contribution in [1.82, 2.24) is 0 Å². The molecule has 0 saturated carbocycles. The van der Waals surface area contributed by atoms with Crippen LogP contribution >= 0.6 is 0 Å². The highest BCUT2D eigenvalue weighted by atomic mass is 16.5. The Kier molecular flexibility index (Phi) is 40.7. The summed E-state index contributed by atoms with van der Waals surface area (Å²) in [6, 6.07) is 0. The number of ether oxygens (including phenoxy) is 1. The molecular weight excluding hydrogens is 312 g/mol. The van der Waals surface area contributed by atoms with E-state index in [0.29, 0.717) is 6.61 Å². The first-order valence-electron chi connectivity index (χ1n) is 9.37. The molecule has 0 spiro atoms. The van der Waals surface area contributed by atoms with Gasteiger partial charge in [-0.1, -0.05) is 64.7 Å². The van der Waals surface area contributed by atoms with E-state index in [1.807, 2.05) is 0 Å². The summed E-state index contributed by atoms with van der Waals surface area (Å²) < 4.78 is 5.20. The van der Waals surface area contributed by atoms with Gasteiger partial charge in [-0.2, -0.15) is 0 Å².